The van der Waals surface area contributed by atoms with Gasteiger partial charge in [-0.05, 0) is 23.9 Å². The van der Waals surface area contributed by atoms with Crippen LogP contribution in [-0.2, 0) is 0 Å². The second-order valence-corrected chi connectivity index (χ2v) is 6.05. The van der Waals surface area contributed by atoms with Gasteiger partial charge < -0.3 is 10.9 Å². The number of oxime groups is 1. The third-order valence-corrected chi connectivity index (χ3v) is 4.55. The molecule has 0 spiro atoms. The quantitative estimate of drug-likeness (QED) is 0.336. The molecule has 0 radical (unpaired) electrons. The van der Waals surface area contributed by atoms with E-state index in [9.17, 15) is 0 Å². The van der Waals surface area contributed by atoms with E-state index in [1.807, 2.05) is 35.7 Å². The number of aromatic nitrogens is 2. The van der Waals surface area contributed by atoms with Crippen LogP contribution in [0.25, 0.3) is 10.9 Å². The zero-order valence-electron chi connectivity index (χ0n) is 10.2. The molecule has 1 aromatic carbocycles. The molecule has 3 rings (SSSR count). The molecule has 3 aromatic rings. The van der Waals surface area contributed by atoms with E-state index in [-0.39, 0.29) is 5.84 Å². The number of pyridine rings is 1. The van der Waals surface area contributed by atoms with Gasteiger partial charge in [-0.3, -0.25) is 0 Å². The Kier molecular flexibility index (Phi) is 3.53. The molecule has 0 aliphatic rings. The Morgan fingerprint density at radius 2 is 2.20 bits per heavy atom. The topological polar surface area (TPSA) is 84.4 Å². The van der Waals surface area contributed by atoms with Crippen molar-refractivity contribution in [2.45, 2.75) is 9.37 Å². The maximum Gasteiger partial charge on any atom is 0.172 e. The van der Waals surface area contributed by atoms with Crippen molar-refractivity contribution in [1.82, 2.24) is 9.97 Å². The molecule has 0 unspecified atom stereocenters. The van der Waals surface area contributed by atoms with Crippen molar-refractivity contribution >= 4 is 39.8 Å². The van der Waals surface area contributed by atoms with Crippen molar-refractivity contribution in [2.75, 3.05) is 0 Å². The summed E-state index contributed by atoms with van der Waals surface area (Å²) >= 11 is 2.92. The second kappa shape index (κ2) is 5.48. The number of benzene rings is 1. The Hall–Kier alpha value is -2.12. The normalized spacial score (nSPS) is 11.9. The molecule has 0 saturated carbocycles. The van der Waals surface area contributed by atoms with Gasteiger partial charge in [-0.25, -0.2) is 9.97 Å². The van der Waals surface area contributed by atoms with Crippen LogP contribution >= 0.6 is 23.1 Å². The first-order valence-corrected chi connectivity index (χ1v) is 7.42. The SMILES string of the molecule is NC(=NO)c1cc2ccccc2nc1Sc1nccs1. The lowest BCUT2D eigenvalue weighted by Gasteiger charge is -2.07. The van der Waals surface area contributed by atoms with E-state index in [0.717, 1.165) is 15.2 Å². The number of nitrogens with zero attached hydrogens (tertiary/aromatic N) is 3. The van der Waals surface area contributed by atoms with Gasteiger partial charge in [-0.1, -0.05) is 23.4 Å². The first-order chi connectivity index (χ1) is 9.78. The molecule has 100 valence electrons. The lowest BCUT2D eigenvalue weighted by molar-refractivity contribution is 0.318. The minimum atomic E-state index is 0.0438. The number of hydrogen-bond acceptors (Lipinski definition) is 6. The summed E-state index contributed by atoms with van der Waals surface area (Å²) < 4.78 is 0.861. The zero-order chi connectivity index (χ0) is 13.9. The van der Waals surface area contributed by atoms with Crippen LogP contribution in [0.4, 0.5) is 0 Å². The largest absolute Gasteiger partial charge is 0.409 e. The average molecular weight is 302 g/mol. The molecule has 0 atom stereocenters. The van der Waals surface area contributed by atoms with Gasteiger partial charge in [0.1, 0.15) is 5.03 Å². The van der Waals surface area contributed by atoms with Crippen LogP contribution in [0.5, 0.6) is 0 Å². The monoisotopic (exact) mass is 302 g/mol. The van der Waals surface area contributed by atoms with E-state index >= 15 is 0 Å². The fourth-order valence-electron chi connectivity index (χ4n) is 1.76. The highest BCUT2D eigenvalue weighted by Gasteiger charge is 2.13. The van der Waals surface area contributed by atoms with Crippen molar-refractivity contribution < 1.29 is 5.21 Å². The van der Waals surface area contributed by atoms with Crippen molar-refractivity contribution in [1.29, 1.82) is 0 Å². The summed E-state index contributed by atoms with van der Waals surface area (Å²) in [6.07, 6.45) is 1.73. The molecule has 5 nitrogen and oxygen atoms in total. The molecule has 3 N–H and O–H groups in total. The predicted octanol–water partition coefficient (Wildman–Crippen LogP) is 2.94. The van der Waals surface area contributed by atoms with Crippen LogP contribution in [0.15, 0.2) is 56.4 Å². The number of nitrogens with two attached hydrogens (primary N) is 1. The summed E-state index contributed by atoms with van der Waals surface area (Å²) in [6, 6.07) is 9.59. The first kappa shape index (κ1) is 12.9. The molecular formula is C13H10N4OS2. The minimum Gasteiger partial charge on any atom is -0.409 e. The summed E-state index contributed by atoms with van der Waals surface area (Å²) in [4.78, 5) is 8.79. The number of para-hydroxylation sites is 1. The van der Waals surface area contributed by atoms with E-state index < -0.39 is 0 Å². The predicted molar refractivity (Wildman–Crippen MR) is 80.5 cm³/mol. The van der Waals surface area contributed by atoms with Gasteiger partial charge in [0.25, 0.3) is 0 Å². The molecule has 20 heavy (non-hydrogen) atoms. The summed E-state index contributed by atoms with van der Waals surface area (Å²) in [7, 11) is 0. The Morgan fingerprint density at radius 3 is 2.95 bits per heavy atom. The van der Waals surface area contributed by atoms with Gasteiger partial charge in [0.2, 0.25) is 0 Å². The van der Waals surface area contributed by atoms with Gasteiger partial charge in [0.15, 0.2) is 10.2 Å². The third-order valence-electron chi connectivity index (χ3n) is 2.67. The molecule has 0 bridgehead atoms. The van der Waals surface area contributed by atoms with E-state index in [0.29, 0.717) is 10.6 Å². The van der Waals surface area contributed by atoms with Crippen LogP contribution in [-0.4, -0.2) is 21.0 Å². The van der Waals surface area contributed by atoms with E-state index in [4.69, 9.17) is 10.9 Å². The Bertz CT molecular complexity index is 771. The van der Waals surface area contributed by atoms with Crippen LogP contribution in [0.1, 0.15) is 5.56 Å². The van der Waals surface area contributed by atoms with Gasteiger partial charge in [0.05, 0.1) is 11.1 Å². The van der Waals surface area contributed by atoms with Crippen LogP contribution in [0.2, 0.25) is 0 Å². The number of hydrogen-bond donors (Lipinski definition) is 2. The van der Waals surface area contributed by atoms with E-state index in [1.54, 1.807) is 6.20 Å². The highest BCUT2D eigenvalue weighted by atomic mass is 32.2. The number of amidine groups is 1. The van der Waals surface area contributed by atoms with E-state index in [2.05, 4.69) is 15.1 Å². The summed E-state index contributed by atoms with van der Waals surface area (Å²) in [5, 5.41) is 15.5. The molecule has 0 amide bonds. The highest BCUT2D eigenvalue weighted by molar-refractivity contribution is 8.01. The van der Waals surface area contributed by atoms with Crippen molar-refractivity contribution in [3.8, 4) is 0 Å². The van der Waals surface area contributed by atoms with Gasteiger partial charge in [0, 0.05) is 17.0 Å². The number of fused-ring (bicyclic) bond motifs is 1. The maximum atomic E-state index is 8.92. The standard InChI is InChI=1S/C13H10N4OS2/c14-11(17-18)9-7-8-3-1-2-4-10(8)16-12(9)20-13-15-5-6-19-13/h1-7,18H,(H2,14,17). The zero-order valence-corrected chi connectivity index (χ0v) is 11.9. The molecule has 0 saturated heterocycles. The Balaban J connectivity index is 2.16. The Morgan fingerprint density at radius 1 is 1.35 bits per heavy atom. The first-order valence-electron chi connectivity index (χ1n) is 5.73. The summed E-state index contributed by atoms with van der Waals surface area (Å²) in [5.74, 6) is 0.0438. The second-order valence-electron chi connectivity index (χ2n) is 3.92. The fourth-order valence-corrected chi connectivity index (χ4v) is 3.41. The molecule has 0 aliphatic heterocycles. The Labute approximate surface area is 123 Å². The molecule has 7 heteroatoms. The smallest absolute Gasteiger partial charge is 0.172 e. The van der Waals surface area contributed by atoms with Crippen LogP contribution in [0.3, 0.4) is 0 Å². The molecule has 0 aliphatic carbocycles. The van der Waals surface area contributed by atoms with Crippen LogP contribution in [0, 0.1) is 0 Å². The molecule has 0 fully saturated rings. The highest BCUT2D eigenvalue weighted by Crippen LogP contribution is 2.32. The minimum absolute atomic E-state index is 0.0438. The molecule has 2 aromatic heterocycles. The average Bonchev–Trinajstić information content (AvgIpc) is 2.98. The number of rotatable bonds is 3. The fraction of sp³-hybridized carbons (Fsp3) is 0. The lowest BCUT2D eigenvalue weighted by atomic mass is 10.1. The third kappa shape index (κ3) is 2.45. The van der Waals surface area contributed by atoms with Gasteiger partial charge in [-0.2, -0.15) is 0 Å². The van der Waals surface area contributed by atoms with Crippen molar-refractivity contribution in [3.63, 3.8) is 0 Å². The van der Waals surface area contributed by atoms with Crippen LogP contribution < -0.4 is 5.73 Å². The molecular weight excluding hydrogens is 292 g/mol. The van der Waals surface area contributed by atoms with Gasteiger partial charge in [-0.15, -0.1) is 11.3 Å². The van der Waals surface area contributed by atoms with E-state index in [1.165, 1.54) is 23.1 Å². The maximum absolute atomic E-state index is 8.92. The van der Waals surface area contributed by atoms with Crippen molar-refractivity contribution in [2.24, 2.45) is 10.9 Å². The molecule has 2 heterocycles. The van der Waals surface area contributed by atoms with Gasteiger partial charge >= 0.3 is 0 Å². The summed E-state index contributed by atoms with van der Waals surface area (Å²) in [6.45, 7) is 0. The van der Waals surface area contributed by atoms with Crippen molar-refractivity contribution in [3.05, 3.63) is 47.5 Å². The number of thiazole rings is 1. The summed E-state index contributed by atoms with van der Waals surface area (Å²) in [5.41, 5.74) is 7.21. The lowest BCUT2D eigenvalue weighted by Crippen LogP contribution is -2.15.